The number of benzene rings is 4. The highest BCUT2D eigenvalue weighted by Crippen LogP contribution is 2.49. The molecule has 6 aromatic rings. The van der Waals surface area contributed by atoms with E-state index in [4.69, 9.17) is 23.9 Å². The summed E-state index contributed by atoms with van der Waals surface area (Å²) in [7, 11) is 3.21. The van der Waals surface area contributed by atoms with Crippen molar-refractivity contribution in [3.63, 3.8) is 0 Å². The van der Waals surface area contributed by atoms with E-state index in [0.29, 0.717) is 34.6 Å². The number of phenolic OH excluding ortho intramolecular Hbond substituents is 1. The first kappa shape index (κ1) is 23.8. The molecule has 1 N–H and O–H groups in total. The van der Waals surface area contributed by atoms with Crippen LogP contribution in [-0.2, 0) is 6.61 Å². The summed E-state index contributed by atoms with van der Waals surface area (Å²) in [4.78, 5) is 9.43. The second kappa shape index (κ2) is 9.46. The molecule has 0 saturated carbocycles. The number of ether oxygens (including phenoxy) is 4. The Labute approximate surface area is 229 Å². The van der Waals surface area contributed by atoms with Gasteiger partial charge in [-0.15, -0.1) is 5.10 Å². The molecule has 0 bridgehead atoms. The highest BCUT2D eigenvalue weighted by Gasteiger charge is 2.34. The lowest BCUT2D eigenvalue weighted by molar-refractivity contribution is 0.299. The van der Waals surface area contributed by atoms with Gasteiger partial charge in [0.15, 0.2) is 23.0 Å². The van der Waals surface area contributed by atoms with Gasteiger partial charge in [0, 0.05) is 22.9 Å². The van der Waals surface area contributed by atoms with Gasteiger partial charge in [0.25, 0.3) is 0 Å². The topological polar surface area (TPSA) is 100 Å². The lowest BCUT2D eigenvalue weighted by Crippen LogP contribution is -2.15. The number of rotatable bonds is 6. The van der Waals surface area contributed by atoms with E-state index in [0.717, 1.165) is 33.2 Å². The zero-order valence-corrected chi connectivity index (χ0v) is 21.7. The molecule has 9 nitrogen and oxygen atoms in total. The van der Waals surface area contributed by atoms with Gasteiger partial charge >= 0.3 is 0 Å². The number of aromatic nitrogens is 4. The molecule has 0 aliphatic carbocycles. The van der Waals surface area contributed by atoms with Crippen LogP contribution in [0.4, 0.5) is 0 Å². The summed E-state index contributed by atoms with van der Waals surface area (Å²) in [5, 5.41) is 16.9. The lowest BCUT2D eigenvalue weighted by Gasteiger charge is -2.28. The Hall–Kier alpha value is -5.31. The van der Waals surface area contributed by atoms with Gasteiger partial charge in [-0.3, -0.25) is 0 Å². The predicted octanol–water partition coefficient (Wildman–Crippen LogP) is 5.87. The van der Waals surface area contributed by atoms with Crippen LogP contribution in [0.5, 0.6) is 34.6 Å². The molecule has 3 heterocycles. The molecule has 0 spiro atoms. The fraction of sp³-hybridized carbons (Fsp3) is 0.129. The van der Waals surface area contributed by atoms with Gasteiger partial charge in [-0.2, -0.15) is 0 Å². The van der Waals surface area contributed by atoms with Crippen molar-refractivity contribution in [2.75, 3.05) is 14.2 Å². The maximum absolute atomic E-state index is 10.2. The number of methoxy groups -OCH3 is 2. The normalized spacial score (nSPS) is 13.9. The van der Waals surface area contributed by atoms with Gasteiger partial charge in [-0.1, -0.05) is 48.5 Å². The van der Waals surface area contributed by atoms with Crippen molar-refractivity contribution in [2.45, 2.75) is 12.5 Å². The van der Waals surface area contributed by atoms with E-state index in [9.17, 15) is 5.11 Å². The van der Waals surface area contributed by atoms with E-state index in [2.05, 4.69) is 22.2 Å². The molecule has 0 fully saturated rings. The van der Waals surface area contributed by atoms with Gasteiger partial charge in [-0.25, -0.2) is 14.5 Å². The maximum atomic E-state index is 10.2. The fourth-order valence-electron chi connectivity index (χ4n) is 5.25. The summed E-state index contributed by atoms with van der Waals surface area (Å²) in [5.41, 5.74) is 3.11. The molecule has 0 unspecified atom stereocenters. The molecular weight excluding hydrogens is 508 g/mol. The molecule has 7 rings (SSSR count). The smallest absolute Gasteiger partial charge is 0.228 e. The maximum Gasteiger partial charge on any atom is 0.228 e. The van der Waals surface area contributed by atoms with Crippen molar-refractivity contribution in [1.29, 1.82) is 0 Å². The van der Waals surface area contributed by atoms with Crippen LogP contribution in [0.2, 0.25) is 0 Å². The minimum Gasteiger partial charge on any atom is -0.508 e. The standard InChI is InChI=1S/C31H24N4O5/c1-37-24-13-10-19(14-26(24)38-2)28-22-12-11-20(36)15-25(22)40-31-29(28)30-33-27(34-35(30)17-32-31)16-39-23-9-5-7-18-6-3-4-8-21(18)23/h3-15,17,28,36H,16H2,1-2H3/t28-/m0/s1. The second-order valence-electron chi connectivity index (χ2n) is 9.40. The van der Waals surface area contributed by atoms with E-state index in [1.54, 1.807) is 37.2 Å². The third-order valence-electron chi connectivity index (χ3n) is 7.08. The van der Waals surface area contributed by atoms with E-state index in [1.165, 1.54) is 0 Å². The van der Waals surface area contributed by atoms with E-state index in [-0.39, 0.29) is 18.3 Å². The molecule has 2 aromatic heterocycles. The van der Waals surface area contributed by atoms with E-state index < -0.39 is 0 Å². The van der Waals surface area contributed by atoms with Crippen LogP contribution in [0.15, 0.2) is 85.2 Å². The molecule has 198 valence electrons. The largest absolute Gasteiger partial charge is 0.508 e. The third-order valence-corrected chi connectivity index (χ3v) is 7.08. The summed E-state index contributed by atoms with van der Waals surface area (Å²) in [5.74, 6) is 3.16. The van der Waals surface area contributed by atoms with Crippen LogP contribution in [-0.4, -0.2) is 38.9 Å². The highest BCUT2D eigenvalue weighted by molar-refractivity contribution is 5.88. The monoisotopic (exact) mass is 532 g/mol. The third kappa shape index (κ3) is 3.90. The minimum absolute atomic E-state index is 0.102. The van der Waals surface area contributed by atoms with Gasteiger partial charge < -0.3 is 24.1 Å². The van der Waals surface area contributed by atoms with Crippen LogP contribution in [0.25, 0.3) is 16.4 Å². The number of phenols is 1. The summed E-state index contributed by atoms with van der Waals surface area (Å²) in [6.45, 7) is 0.177. The first-order valence-electron chi connectivity index (χ1n) is 12.7. The molecule has 9 heteroatoms. The summed E-state index contributed by atoms with van der Waals surface area (Å²) < 4.78 is 25.0. The number of hydrogen-bond acceptors (Lipinski definition) is 8. The van der Waals surface area contributed by atoms with Crippen molar-refractivity contribution in [1.82, 2.24) is 19.6 Å². The van der Waals surface area contributed by atoms with Crippen molar-refractivity contribution in [2.24, 2.45) is 0 Å². The Morgan fingerprint density at radius 1 is 0.900 bits per heavy atom. The number of nitrogens with zero attached hydrogens (tertiary/aromatic N) is 4. The molecule has 1 aliphatic rings. The predicted molar refractivity (Wildman–Crippen MR) is 148 cm³/mol. The average molecular weight is 533 g/mol. The number of fused-ring (bicyclic) bond motifs is 5. The Balaban J connectivity index is 1.33. The second-order valence-corrected chi connectivity index (χ2v) is 9.40. The molecule has 0 saturated heterocycles. The lowest BCUT2D eigenvalue weighted by atomic mass is 9.83. The molecule has 0 amide bonds. The molecule has 40 heavy (non-hydrogen) atoms. The quantitative estimate of drug-likeness (QED) is 0.284. The molecule has 4 aromatic carbocycles. The Morgan fingerprint density at radius 2 is 1.75 bits per heavy atom. The minimum atomic E-state index is -0.327. The van der Waals surface area contributed by atoms with Crippen molar-refractivity contribution in [3.8, 4) is 34.6 Å². The fourth-order valence-corrected chi connectivity index (χ4v) is 5.25. The van der Waals surface area contributed by atoms with Gasteiger partial charge in [0.1, 0.15) is 30.2 Å². The van der Waals surface area contributed by atoms with Crippen molar-refractivity contribution < 1.29 is 24.1 Å². The van der Waals surface area contributed by atoms with Crippen molar-refractivity contribution >= 4 is 16.4 Å². The first-order valence-corrected chi connectivity index (χ1v) is 12.7. The summed E-state index contributed by atoms with van der Waals surface area (Å²) >= 11 is 0. The summed E-state index contributed by atoms with van der Waals surface area (Å²) in [6, 6.07) is 24.9. The molecule has 1 atom stereocenters. The summed E-state index contributed by atoms with van der Waals surface area (Å²) in [6.07, 6.45) is 1.57. The zero-order valence-electron chi connectivity index (χ0n) is 21.7. The SMILES string of the molecule is COc1ccc([C@H]2c3ccc(O)cc3Oc3ncn4nc(COc5cccc6ccccc56)nc4c32)cc1OC. The van der Waals surface area contributed by atoms with Crippen LogP contribution >= 0.6 is 0 Å². The number of aromatic hydroxyl groups is 1. The van der Waals surface area contributed by atoms with Crippen LogP contribution in [0, 0.1) is 0 Å². The Kier molecular flexibility index (Phi) is 5.62. The number of hydrogen-bond donors (Lipinski definition) is 1. The van der Waals surface area contributed by atoms with Gasteiger partial charge in [0.2, 0.25) is 5.88 Å². The Bertz CT molecular complexity index is 1900. The molecular formula is C31H24N4O5. The van der Waals surface area contributed by atoms with Gasteiger partial charge in [-0.05, 0) is 35.2 Å². The van der Waals surface area contributed by atoms with Crippen LogP contribution in [0.3, 0.4) is 0 Å². The highest BCUT2D eigenvalue weighted by atomic mass is 16.5. The van der Waals surface area contributed by atoms with Crippen LogP contribution < -0.4 is 18.9 Å². The first-order chi connectivity index (χ1) is 19.6. The molecule has 1 aliphatic heterocycles. The van der Waals surface area contributed by atoms with Gasteiger partial charge in [0.05, 0.1) is 19.8 Å². The van der Waals surface area contributed by atoms with Crippen molar-refractivity contribution in [3.05, 3.63) is 108 Å². The van der Waals surface area contributed by atoms with Crippen LogP contribution in [0.1, 0.15) is 28.4 Å². The van der Waals surface area contributed by atoms with E-state index in [1.807, 2.05) is 54.6 Å². The Morgan fingerprint density at radius 3 is 2.62 bits per heavy atom. The van der Waals surface area contributed by atoms with E-state index >= 15 is 0 Å². The zero-order chi connectivity index (χ0) is 27.2. The average Bonchev–Trinajstić information content (AvgIpc) is 3.42. The molecule has 0 radical (unpaired) electrons.